The number of hydrogen-bond acceptors (Lipinski definition) is 4. The molecule has 2 aliphatic carbocycles. The van der Waals surface area contributed by atoms with Crippen LogP contribution in [0.2, 0.25) is 0 Å². The summed E-state index contributed by atoms with van der Waals surface area (Å²) in [6.07, 6.45) is 5.82. The quantitative estimate of drug-likeness (QED) is 0.565. The fourth-order valence-electron chi connectivity index (χ4n) is 5.69. The van der Waals surface area contributed by atoms with Gasteiger partial charge in [0.05, 0.1) is 23.5 Å². The first kappa shape index (κ1) is 21.4. The minimum atomic E-state index is -0.193. The van der Waals surface area contributed by atoms with E-state index in [0.717, 1.165) is 42.7 Å². The van der Waals surface area contributed by atoms with Crippen molar-refractivity contribution in [1.29, 1.82) is 0 Å². The number of carbonyl (C=O) groups is 1. The van der Waals surface area contributed by atoms with Crippen molar-refractivity contribution in [3.63, 3.8) is 0 Å². The minimum absolute atomic E-state index is 0.0326. The van der Waals surface area contributed by atoms with Crippen molar-refractivity contribution >= 4 is 34.4 Å². The first-order chi connectivity index (χ1) is 15.5. The van der Waals surface area contributed by atoms with Crippen molar-refractivity contribution in [3.8, 4) is 0 Å². The van der Waals surface area contributed by atoms with E-state index in [9.17, 15) is 9.90 Å². The summed E-state index contributed by atoms with van der Waals surface area (Å²) in [4.78, 5) is 23.7. The Morgan fingerprint density at radius 2 is 1.94 bits per heavy atom. The third-order valence-corrected chi connectivity index (χ3v) is 7.43. The molecule has 32 heavy (non-hydrogen) atoms. The zero-order valence-corrected chi connectivity index (χ0v) is 19.1. The van der Waals surface area contributed by atoms with Gasteiger partial charge in [0, 0.05) is 31.8 Å². The Bertz CT molecular complexity index is 1100. The molecule has 168 valence electrons. The van der Waals surface area contributed by atoms with Gasteiger partial charge in [0.2, 0.25) is 5.91 Å². The number of nitrogens with zero attached hydrogens (tertiary/aromatic N) is 4. The second kappa shape index (κ2) is 8.83. The number of fused-ring (bicyclic) bond motifs is 3. The van der Waals surface area contributed by atoms with E-state index >= 15 is 0 Å². The first-order valence-electron chi connectivity index (χ1n) is 11.5. The number of benzene rings is 1. The number of aromatic nitrogens is 3. The van der Waals surface area contributed by atoms with E-state index in [0.29, 0.717) is 42.2 Å². The van der Waals surface area contributed by atoms with Gasteiger partial charge in [-0.15, -0.1) is 11.6 Å². The Balaban J connectivity index is 1.60. The lowest BCUT2D eigenvalue weighted by Gasteiger charge is -2.33. The van der Waals surface area contributed by atoms with Crippen molar-refractivity contribution in [2.75, 3.05) is 17.8 Å². The fourth-order valence-corrected chi connectivity index (χ4v) is 5.85. The maximum Gasteiger partial charge on any atom is 0.227 e. The SMILES string of the molecule is CN(C(=O)CCCl)c1cnc2nc(C3C4CCC3CC(O)C4)n(Cc3ccccc3)c2c1. The van der Waals surface area contributed by atoms with Crippen LogP contribution in [0.4, 0.5) is 5.69 Å². The molecule has 0 radical (unpaired) electrons. The number of carbonyl (C=O) groups excluding carboxylic acids is 1. The molecule has 2 heterocycles. The van der Waals surface area contributed by atoms with Gasteiger partial charge in [0.15, 0.2) is 5.65 Å². The maximum atomic E-state index is 12.4. The van der Waals surface area contributed by atoms with Gasteiger partial charge in [0.25, 0.3) is 0 Å². The molecule has 7 heteroatoms. The molecule has 0 spiro atoms. The number of anilines is 1. The summed E-state index contributed by atoms with van der Waals surface area (Å²) in [5.74, 6) is 2.60. The molecule has 6 nitrogen and oxygen atoms in total. The molecule has 0 aliphatic heterocycles. The van der Waals surface area contributed by atoms with Crippen LogP contribution in [0, 0.1) is 11.8 Å². The zero-order chi connectivity index (χ0) is 22.2. The standard InChI is InChI=1S/C25H29ClN4O2/c1-29(22(32)9-10-26)19-13-21-24(27-14-19)28-25(30(21)15-16-5-3-2-4-6-16)23-17-7-8-18(23)12-20(31)11-17/h2-6,13-14,17-18,20,23,31H,7-12,15H2,1H3. The van der Waals surface area contributed by atoms with E-state index in [1.165, 1.54) is 5.56 Å². The van der Waals surface area contributed by atoms with Gasteiger partial charge < -0.3 is 14.6 Å². The van der Waals surface area contributed by atoms with Crippen LogP contribution < -0.4 is 4.90 Å². The van der Waals surface area contributed by atoms with Gasteiger partial charge in [-0.05, 0) is 49.1 Å². The highest BCUT2D eigenvalue weighted by molar-refractivity contribution is 6.19. The Morgan fingerprint density at radius 1 is 1.22 bits per heavy atom. The fraction of sp³-hybridized carbons (Fsp3) is 0.480. The molecule has 2 unspecified atom stereocenters. The van der Waals surface area contributed by atoms with Crippen LogP contribution in [-0.4, -0.2) is 44.6 Å². The number of pyridine rings is 1. The van der Waals surface area contributed by atoms with Crippen LogP contribution >= 0.6 is 11.6 Å². The predicted octanol–water partition coefficient (Wildman–Crippen LogP) is 4.34. The van der Waals surface area contributed by atoms with Crippen LogP contribution in [0.1, 0.15) is 49.4 Å². The van der Waals surface area contributed by atoms with Crippen LogP contribution in [0.15, 0.2) is 42.6 Å². The topological polar surface area (TPSA) is 71.2 Å². The molecule has 2 saturated carbocycles. The van der Waals surface area contributed by atoms with Gasteiger partial charge in [-0.1, -0.05) is 30.3 Å². The van der Waals surface area contributed by atoms with Gasteiger partial charge in [-0.3, -0.25) is 4.79 Å². The zero-order valence-electron chi connectivity index (χ0n) is 18.3. The number of aliphatic hydroxyl groups excluding tert-OH is 1. The van der Waals surface area contributed by atoms with E-state index in [1.54, 1.807) is 18.1 Å². The summed E-state index contributed by atoms with van der Waals surface area (Å²) in [5.41, 5.74) is 3.60. The molecule has 5 rings (SSSR count). The van der Waals surface area contributed by atoms with E-state index in [2.05, 4.69) is 33.8 Å². The molecular formula is C25H29ClN4O2. The van der Waals surface area contributed by atoms with E-state index in [4.69, 9.17) is 16.6 Å². The highest BCUT2D eigenvalue weighted by atomic mass is 35.5. The average molecular weight is 453 g/mol. The lowest BCUT2D eigenvalue weighted by atomic mass is 9.76. The number of hydrogen-bond donors (Lipinski definition) is 1. The molecule has 2 atom stereocenters. The smallest absolute Gasteiger partial charge is 0.227 e. The molecule has 2 aliphatic rings. The summed E-state index contributed by atoms with van der Waals surface area (Å²) in [7, 11) is 1.76. The van der Waals surface area contributed by atoms with E-state index in [1.807, 2.05) is 12.1 Å². The molecular weight excluding hydrogens is 424 g/mol. The van der Waals surface area contributed by atoms with Crippen LogP contribution in [0.5, 0.6) is 0 Å². The highest BCUT2D eigenvalue weighted by Crippen LogP contribution is 2.52. The number of alkyl halides is 1. The van der Waals surface area contributed by atoms with E-state index < -0.39 is 0 Å². The van der Waals surface area contributed by atoms with Crippen molar-refractivity contribution in [1.82, 2.24) is 14.5 Å². The highest BCUT2D eigenvalue weighted by Gasteiger charge is 2.45. The number of rotatable bonds is 6. The summed E-state index contributed by atoms with van der Waals surface area (Å²) in [6.45, 7) is 0.704. The van der Waals surface area contributed by atoms with Crippen molar-refractivity contribution in [2.45, 2.75) is 50.7 Å². The lowest BCUT2D eigenvalue weighted by molar-refractivity contribution is -0.117. The Hall–Kier alpha value is -2.44. The third-order valence-electron chi connectivity index (χ3n) is 7.25. The summed E-state index contributed by atoms with van der Waals surface area (Å²) in [5, 5.41) is 10.3. The van der Waals surface area contributed by atoms with Crippen LogP contribution in [-0.2, 0) is 11.3 Å². The first-order valence-corrected chi connectivity index (χ1v) is 12.0. The Labute approximate surface area is 193 Å². The lowest BCUT2D eigenvalue weighted by Crippen LogP contribution is -2.29. The second-order valence-corrected chi connectivity index (χ2v) is 9.60. The van der Waals surface area contributed by atoms with Crippen molar-refractivity contribution in [3.05, 3.63) is 54.0 Å². The molecule has 1 N–H and O–H groups in total. The molecule has 3 aromatic rings. The Morgan fingerprint density at radius 3 is 2.62 bits per heavy atom. The van der Waals surface area contributed by atoms with Gasteiger partial charge in [0.1, 0.15) is 5.82 Å². The number of amides is 1. The number of halogens is 1. The van der Waals surface area contributed by atoms with Gasteiger partial charge in [-0.25, -0.2) is 9.97 Å². The minimum Gasteiger partial charge on any atom is -0.393 e. The normalized spacial score (nSPS) is 24.7. The summed E-state index contributed by atoms with van der Waals surface area (Å²) < 4.78 is 2.29. The molecule has 2 bridgehead atoms. The van der Waals surface area contributed by atoms with E-state index in [-0.39, 0.29) is 12.0 Å². The van der Waals surface area contributed by atoms with Gasteiger partial charge in [-0.2, -0.15) is 0 Å². The summed E-state index contributed by atoms with van der Waals surface area (Å²) >= 11 is 5.78. The molecule has 1 aromatic carbocycles. The number of imidazole rings is 1. The third kappa shape index (κ3) is 3.90. The average Bonchev–Trinajstić information content (AvgIpc) is 3.27. The molecule has 0 saturated heterocycles. The monoisotopic (exact) mass is 452 g/mol. The van der Waals surface area contributed by atoms with Crippen LogP contribution in [0.3, 0.4) is 0 Å². The van der Waals surface area contributed by atoms with Crippen molar-refractivity contribution in [2.24, 2.45) is 11.8 Å². The second-order valence-electron chi connectivity index (χ2n) is 9.22. The maximum absolute atomic E-state index is 12.4. The van der Waals surface area contributed by atoms with Crippen LogP contribution in [0.25, 0.3) is 11.2 Å². The molecule has 2 aromatic heterocycles. The molecule has 2 fully saturated rings. The largest absolute Gasteiger partial charge is 0.393 e. The van der Waals surface area contributed by atoms with Gasteiger partial charge >= 0.3 is 0 Å². The summed E-state index contributed by atoms with van der Waals surface area (Å²) in [6, 6.07) is 12.4. The Kier molecular flexibility index (Phi) is 5.91. The number of aliphatic hydroxyl groups is 1. The van der Waals surface area contributed by atoms with Crippen molar-refractivity contribution < 1.29 is 9.90 Å². The predicted molar refractivity (Wildman–Crippen MR) is 126 cm³/mol. The molecule has 1 amide bonds.